The van der Waals surface area contributed by atoms with Crippen LogP contribution in [0.5, 0.6) is 5.75 Å². The van der Waals surface area contributed by atoms with E-state index in [0.29, 0.717) is 40.4 Å². The molecule has 1 amide bonds. The number of morpholine rings is 2. The number of allylic oxidation sites excluding steroid dienone is 1. The van der Waals surface area contributed by atoms with Crippen molar-refractivity contribution in [3.8, 4) is 5.75 Å². The number of para-hydroxylation sites is 1. The zero-order valence-electron chi connectivity index (χ0n) is 39.5. The number of carbonyl (C=O) groups excluding carboxylic acids is 1. The Morgan fingerprint density at radius 3 is 2.35 bits per heavy atom. The Hall–Kier alpha value is -4.02. The highest BCUT2D eigenvalue weighted by Crippen LogP contribution is 2.51. The number of hydrogen-bond donors (Lipinski definition) is 4. The fourth-order valence-corrected chi connectivity index (χ4v) is 12.6. The number of hydrogen-bond acceptors (Lipinski definition) is 14. The summed E-state index contributed by atoms with van der Waals surface area (Å²) in [5, 5.41) is 14.8. The van der Waals surface area contributed by atoms with Crippen molar-refractivity contribution in [1.29, 1.82) is 0 Å². The standard InChI is InChI=1S/C50H78N10O5/c1-35(2)46(48(62)60-16-6-7-36(60)3)44-28-45(54-65-44)58-17-10-37(11-18-58)31-55-19-12-49(13-20-55)29-38(30-49)59-24-25-63-39(33-59)32-56-23-26-64-50(34-56)14-21-57(22-15-50)42(47(52)53)27-41(51)40-8-4-5-9-43(40)61/h4-5,8-9,27-28,35-39,46,61H,6-7,10-26,29-34,51-53H2,1-3H3/b41-27-. The lowest BCUT2D eigenvalue weighted by Gasteiger charge is -2.56. The number of phenols is 1. The molecular formula is C50H78N10O5. The molecule has 1 saturated carbocycles. The lowest BCUT2D eigenvalue weighted by molar-refractivity contribution is -0.148. The molecule has 6 saturated heterocycles. The van der Waals surface area contributed by atoms with Crippen LogP contribution in [-0.4, -0.2) is 163 Å². The fraction of sp³-hybridized carbons (Fsp3) is 0.720. The SMILES string of the molecule is CC(C)C(C(=O)N1CCCC1C)c1cc(N2CCC(CN3CCC4(CC3)CC(N3CCOC(CN5CCOC6(CCN(C(/C=C(\N)c7ccccc7O)=C(N)N)CC6)C5)C3)C4)CC2)no1. The Balaban J connectivity index is 0.686. The van der Waals surface area contributed by atoms with Crippen LogP contribution in [0.2, 0.25) is 0 Å². The topological polar surface area (TPSA) is 179 Å². The van der Waals surface area contributed by atoms with Crippen molar-refractivity contribution in [3.05, 3.63) is 59.2 Å². The molecule has 9 rings (SSSR count). The minimum atomic E-state index is -0.274. The summed E-state index contributed by atoms with van der Waals surface area (Å²) < 4.78 is 18.9. The van der Waals surface area contributed by atoms with Gasteiger partial charge in [0.2, 0.25) is 5.91 Å². The van der Waals surface area contributed by atoms with Gasteiger partial charge in [-0.15, -0.1) is 0 Å². The number of carbonyl (C=O) groups is 1. The quantitative estimate of drug-likeness (QED) is 0.218. The van der Waals surface area contributed by atoms with Gasteiger partial charge >= 0.3 is 0 Å². The second-order valence-corrected chi connectivity index (χ2v) is 21.3. The maximum absolute atomic E-state index is 13.6. The number of nitrogens with two attached hydrogens (primary N) is 3. The molecule has 1 aromatic heterocycles. The van der Waals surface area contributed by atoms with Crippen LogP contribution in [0, 0.1) is 17.3 Å². The Bertz CT molecular complexity index is 1990. The van der Waals surface area contributed by atoms with Crippen LogP contribution in [0.4, 0.5) is 5.82 Å². The van der Waals surface area contributed by atoms with E-state index < -0.39 is 0 Å². The molecule has 65 heavy (non-hydrogen) atoms. The van der Waals surface area contributed by atoms with Crippen LogP contribution in [0.3, 0.4) is 0 Å². The summed E-state index contributed by atoms with van der Waals surface area (Å²) in [6.45, 7) is 20.8. The molecule has 1 aliphatic carbocycles. The van der Waals surface area contributed by atoms with Gasteiger partial charge in [-0.25, -0.2) is 0 Å². The van der Waals surface area contributed by atoms with Crippen molar-refractivity contribution in [1.82, 2.24) is 29.7 Å². The third-order valence-electron chi connectivity index (χ3n) is 16.6. The van der Waals surface area contributed by atoms with E-state index in [-0.39, 0.29) is 41.0 Å². The van der Waals surface area contributed by atoms with Crippen LogP contribution >= 0.6 is 0 Å². The summed E-state index contributed by atoms with van der Waals surface area (Å²) in [6.07, 6.45) is 13.6. The normalized spacial score (nSPS) is 26.8. The maximum Gasteiger partial charge on any atom is 0.233 e. The first kappa shape index (κ1) is 46.1. The number of aromatic hydroxyl groups is 1. The summed E-state index contributed by atoms with van der Waals surface area (Å²) in [5.41, 5.74) is 20.8. The number of amides is 1. The lowest BCUT2D eigenvalue weighted by Crippen LogP contribution is -2.61. The Morgan fingerprint density at radius 2 is 1.66 bits per heavy atom. The van der Waals surface area contributed by atoms with E-state index in [0.717, 1.165) is 116 Å². The number of nitrogens with zero attached hydrogens (tertiary/aromatic N) is 7. The molecule has 2 aromatic rings. The van der Waals surface area contributed by atoms with Crippen molar-refractivity contribution in [2.75, 3.05) is 103 Å². The van der Waals surface area contributed by atoms with Crippen molar-refractivity contribution < 1.29 is 23.9 Å². The molecule has 0 radical (unpaired) electrons. The third-order valence-corrected chi connectivity index (χ3v) is 16.6. The van der Waals surface area contributed by atoms with E-state index in [1.165, 1.54) is 58.2 Å². The molecular weight excluding hydrogens is 821 g/mol. The average Bonchev–Trinajstić information content (AvgIpc) is 3.95. The predicted molar refractivity (Wildman–Crippen MR) is 253 cm³/mol. The highest BCUT2D eigenvalue weighted by atomic mass is 16.5. The number of likely N-dealkylation sites (tertiary alicyclic amines) is 3. The summed E-state index contributed by atoms with van der Waals surface area (Å²) in [6, 6.07) is 10.1. The first-order valence-electron chi connectivity index (χ1n) is 25.1. The molecule has 0 bridgehead atoms. The van der Waals surface area contributed by atoms with Gasteiger partial charge < -0.3 is 55.9 Å². The first-order valence-corrected chi connectivity index (χ1v) is 25.1. The highest BCUT2D eigenvalue weighted by Gasteiger charge is 2.49. The van der Waals surface area contributed by atoms with Gasteiger partial charge in [0.15, 0.2) is 11.6 Å². The molecule has 7 aliphatic rings. The van der Waals surface area contributed by atoms with Crippen molar-refractivity contribution >= 4 is 17.4 Å². The van der Waals surface area contributed by atoms with E-state index in [9.17, 15) is 9.90 Å². The van der Waals surface area contributed by atoms with Crippen LogP contribution in [0.1, 0.15) is 102 Å². The lowest BCUT2D eigenvalue weighted by atomic mass is 9.60. The van der Waals surface area contributed by atoms with Gasteiger partial charge in [0, 0.05) is 101 Å². The second-order valence-electron chi connectivity index (χ2n) is 21.3. The molecule has 6 aliphatic heterocycles. The van der Waals surface area contributed by atoms with E-state index in [1.807, 2.05) is 11.0 Å². The zero-order valence-corrected chi connectivity index (χ0v) is 39.5. The summed E-state index contributed by atoms with van der Waals surface area (Å²) in [4.78, 5) is 28.2. The van der Waals surface area contributed by atoms with Crippen molar-refractivity contribution in [2.45, 2.75) is 115 Å². The summed E-state index contributed by atoms with van der Waals surface area (Å²) in [5.74, 6) is 2.75. The smallest absolute Gasteiger partial charge is 0.233 e. The molecule has 1 aromatic carbocycles. The fourth-order valence-electron chi connectivity index (χ4n) is 12.6. The number of aromatic nitrogens is 1. The zero-order chi connectivity index (χ0) is 45.3. The van der Waals surface area contributed by atoms with E-state index in [2.05, 4.69) is 56.5 Å². The Kier molecular flexibility index (Phi) is 14.0. The van der Waals surface area contributed by atoms with Gasteiger partial charge in [-0.1, -0.05) is 31.1 Å². The molecule has 2 spiro atoms. The third kappa shape index (κ3) is 10.3. The summed E-state index contributed by atoms with van der Waals surface area (Å²) in [7, 11) is 0. The maximum atomic E-state index is 13.6. The second kappa shape index (κ2) is 19.7. The molecule has 15 nitrogen and oxygen atoms in total. The monoisotopic (exact) mass is 899 g/mol. The van der Waals surface area contributed by atoms with Crippen LogP contribution in [0.15, 0.2) is 52.4 Å². The van der Waals surface area contributed by atoms with Gasteiger partial charge in [-0.3, -0.25) is 14.6 Å². The van der Waals surface area contributed by atoms with Crippen molar-refractivity contribution in [3.63, 3.8) is 0 Å². The van der Waals surface area contributed by atoms with Crippen LogP contribution in [0.25, 0.3) is 5.70 Å². The first-order chi connectivity index (χ1) is 31.4. The van der Waals surface area contributed by atoms with Gasteiger partial charge in [0.25, 0.3) is 0 Å². The van der Waals surface area contributed by atoms with Crippen LogP contribution in [-0.2, 0) is 14.3 Å². The van der Waals surface area contributed by atoms with E-state index in [1.54, 1.807) is 24.3 Å². The molecule has 358 valence electrons. The van der Waals surface area contributed by atoms with Crippen LogP contribution < -0.4 is 22.1 Å². The number of ether oxygens (including phenoxy) is 2. The number of phenolic OH excluding ortho intramolecular Hbond substituents is 1. The largest absolute Gasteiger partial charge is 0.507 e. The minimum Gasteiger partial charge on any atom is -0.507 e. The number of benzene rings is 1. The molecule has 3 unspecified atom stereocenters. The number of piperidine rings is 3. The van der Waals surface area contributed by atoms with Gasteiger partial charge in [0.05, 0.1) is 30.6 Å². The highest BCUT2D eigenvalue weighted by molar-refractivity contribution is 5.84. The van der Waals surface area contributed by atoms with Gasteiger partial charge in [-0.05, 0) is 120 Å². The van der Waals surface area contributed by atoms with E-state index >= 15 is 0 Å². The van der Waals surface area contributed by atoms with E-state index in [4.69, 9.17) is 31.2 Å². The minimum absolute atomic E-state index is 0.126. The molecule has 7 N–H and O–H groups in total. The Labute approximate surface area is 387 Å². The summed E-state index contributed by atoms with van der Waals surface area (Å²) >= 11 is 0. The Morgan fingerprint density at radius 1 is 0.908 bits per heavy atom. The molecule has 15 heteroatoms. The predicted octanol–water partition coefficient (Wildman–Crippen LogP) is 4.55. The molecule has 3 atom stereocenters. The average molecular weight is 899 g/mol. The number of anilines is 1. The van der Waals surface area contributed by atoms with Crippen molar-refractivity contribution in [2.24, 2.45) is 34.5 Å². The number of rotatable bonds is 12. The van der Waals surface area contributed by atoms with Gasteiger partial charge in [0.1, 0.15) is 17.5 Å². The molecule has 7 fully saturated rings. The van der Waals surface area contributed by atoms with Gasteiger partial charge in [-0.2, -0.15) is 0 Å². The molecule has 7 heterocycles.